The third-order valence-corrected chi connectivity index (χ3v) is 5.83. The zero-order chi connectivity index (χ0) is 19.9. The lowest BCUT2D eigenvalue weighted by molar-refractivity contribution is 0.0205. The van der Waals surface area contributed by atoms with Crippen LogP contribution in [0.4, 0.5) is 0 Å². The van der Waals surface area contributed by atoms with Crippen molar-refractivity contribution < 1.29 is 9.47 Å². The molecular formula is C22H45IN4O2. The van der Waals surface area contributed by atoms with E-state index in [-0.39, 0.29) is 24.0 Å². The van der Waals surface area contributed by atoms with Crippen LogP contribution < -0.4 is 10.6 Å². The highest BCUT2D eigenvalue weighted by Crippen LogP contribution is 2.16. The van der Waals surface area contributed by atoms with E-state index in [1.165, 1.54) is 45.3 Å². The van der Waals surface area contributed by atoms with Crippen molar-refractivity contribution in [3.8, 4) is 0 Å². The number of aliphatic imine (C=N–C) groups is 1. The van der Waals surface area contributed by atoms with Crippen LogP contribution in [0.2, 0.25) is 0 Å². The Bertz CT molecular complexity index is 412. The maximum Gasteiger partial charge on any atom is 0.191 e. The number of guanidine groups is 1. The maximum atomic E-state index is 5.82. The standard InChI is InChI=1S/C22H44N4O2.HI/c1-3-23-22(24-11-4-5-13-26-14-7-20(2)8-15-26)25-12-6-16-28-19-21-9-17-27-18-10-21;/h20-21H,3-19H2,1-2H3,(H2,23,24,25);1H. The lowest BCUT2D eigenvalue weighted by Crippen LogP contribution is -2.38. The molecule has 0 spiro atoms. The first-order valence-corrected chi connectivity index (χ1v) is 11.7. The van der Waals surface area contributed by atoms with Crippen molar-refractivity contribution in [1.82, 2.24) is 15.5 Å². The number of unbranched alkanes of at least 4 members (excludes halogenated alkanes) is 1. The van der Waals surface area contributed by atoms with Crippen LogP contribution in [0.5, 0.6) is 0 Å². The number of halogens is 1. The number of nitrogens with zero attached hydrogens (tertiary/aromatic N) is 2. The predicted octanol–water partition coefficient (Wildman–Crippen LogP) is 3.50. The lowest BCUT2D eigenvalue weighted by Gasteiger charge is -2.30. The van der Waals surface area contributed by atoms with Crippen molar-refractivity contribution >= 4 is 29.9 Å². The van der Waals surface area contributed by atoms with Gasteiger partial charge in [-0.15, -0.1) is 24.0 Å². The topological polar surface area (TPSA) is 58.1 Å². The third-order valence-electron chi connectivity index (χ3n) is 5.83. The van der Waals surface area contributed by atoms with Crippen LogP contribution in [0.25, 0.3) is 0 Å². The maximum absolute atomic E-state index is 5.82. The smallest absolute Gasteiger partial charge is 0.191 e. The van der Waals surface area contributed by atoms with Crippen molar-refractivity contribution in [2.75, 3.05) is 65.7 Å². The summed E-state index contributed by atoms with van der Waals surface area (Å²) in [6, 6.07) is 0. The molecule has 7 heteroatoms. The van der Waals surface area contributed by atoms with E-state index in [1.807, 2.05) is 0 Å². The van der Waals surface area contributed by atoms with E-state index in [9.17, 15) is 0 Å². The molecule has 2 aliphatic heterocycles. The van der Waals surface area contributed by atoms with Crippen LogP contribution >= 0.6 is 24.0 Å². The second-order valence-corrected chi connectivity index (χ2v) is 8.40. The first-order chi connectivity index (χ1) is 13.8. The average Bonchev–Trinajstić information content (AvgIpc) is 2.72. The summed E-state index contributed by atoms with van der Waals surface area (Å²) in [6.45, 7) is 14.5. The Kier molecular flexibility index (Phi) is 16.3. The molecule has 0 unspecified atom stereocenters. The van der Waals surface area contributed by atoms with E-state index in [0.717, 1.165) is 77.2 Å². The van der Waals surface area contributed by atoms with Gasteiger partial charge in [0.25, 0.3) is 0 Å². The van der Waals surface area contributed by atoms with Crippen LogP contribution in [0.3, 0.4) is 0 Å². The minimum Gasteiger partial charge on any atom is -0.381 e. The fourth-order valence-corrected chi connectivity index (χ4v) is 3.82. The summed E-state index contributed by atoms with van der Waals surface area (Å²) >= 11 is 0. The van der Waals surface area contributed by atoms with Crippen molar-refractivity contribution in [1.29, 1.82) is 0 Å². The van der Waals surface area contributed by atoms with Gasteiger partial charge in [-0.05, 0) is 83.3 Å². The molecule has 0 aromatic rings. The molecule has 0 atom stereocenters. The van der Waals surface area contributed by atoms with E-state index in [2.05, 4.69) is 34.4 Å². The summed E-state index contributed by atoms with van der Waals surface area (Å²) in [5.41, 5.74) is 0. The highest BCUT2D eigenvalue weighted by molar-refractivity contribution is 14.0. The monoisotopic (exact) mass is 524 g/mol. The van der Waals surface area contributed by atoms with Gasteiger partial charge in [0.1, 0.15) is 0 Å². The molecule has 6 nitrogen and oxygen atoms in total. The quantitative estimate of drug-likeness (QED) is 0.177. The van der Waals surface area contributed by atoms with Crippen molar-refractivity contribution in [2.45, 2.75) is 58.8 Å². The fourth-order valence-electron chi connectivity index (χ4n) is 3.82. The number of likely N-dealkylation sites (tertiary alicyclic amines) is 1. The molecule has 0 aliphatic carbocycles. The van der Waals surface area contributed by atoms with E-state index in [1.54, 1.807) is 0 Å². The molecule has 2 rings (SSSR count). The second-order valence-electron chi connectivity index (χ2n) is 8.40. The summed E-state index contributed by atoms with van der Waals surface area (Å²) in [6.07, 6.45) is 8.47. The van der Waals surface area contributed by atoms with E-state index in [4.69, 9.17) is 9.47 Å². The largest absolute Gasteiger partial charge is 0.381 e. The summed E-state index contributed by atoms with van der Waals surface area (Å²) in [5.74, 6) is 2.55. The normalized spacial score (nSPS) is 19.7. The van der Waals surface area contributed by atoms with E-state index >= 15 is 0 Å². The number of piperidine rings is 1. The minimum atomic E-state index is 0. The van der Waals surface area contributed by atoms with Crippen LogP contribution in [-0.4, -0.2) is 76.6 Å². The molecule has 2 heterocycles. The van der Waals surface area contributed by atoms with Gasteiger partial charge in [-0.2, -0.15) is 0 Å². The van der Waals surface area contributed by atoms with Crippen LogP contribution in [0, 0.1) is 11.8 Å². The summed E-state index contributed by atoms with van der Waals surface area (Å²) in [7, 11) is 0. The lowest BCUT2D eigenvalue weighted by atomic mass is 9.99. The highest BCUT2D eigenvalue weighted by Gasteiger charge is 2.15. The van der Waals surface area contributed by atoms with Crippen molar-refractivity contribution in [2.24, 2.45) is 16.8 Å². The van der Waals surface area contributed by atoms with Crippen LogP contribution in [0.1, 0.15) is 58.8 Å². The second kappa shape index (κ2) is 17.5. The van der Waals surface area contributed by atoms with Gasteiger partial charge >= 0.3 is 0 Å². The number of ether oxygens (including phenoxy) is 2. The zero-order valence-electron chi connectivity index (χ0n) is 18.8. The Morgan fingerprint density at radius 1 is 1.07 bits per heavy atom. The summed E-state index contributed by atoms with van der Waals surface area (Å²) < 4.78 is 11.2. The molecule has 0 aromatic carbocycles. The average molecular weight is 525 g/mol. The highest BCUT2D eigenvalue weighted by atomic mass is 127. The molecule has 0 bridgehead atoms. The van der Waals surface area contributed by atoms with Crippen LogP contribution in [0.15, 0.2) is 4.99 Å². The van der Waals surface area contributed by atoms with E-state index < -0.39 is 0 Å². The Morgan fingerprint density at radius 3 is 2.55 bits per heavy atom. The molecule has 0 radical (unpaired) electrons. The minimum absolute atomic E-state index is 0. The molecule has 0 aromatic heterocycles. The van der Waals surface area contributed by atoms with E-state index in [0.29, 0.717) is 5.92 Å². The molecular weight excluding hydrogens is 479 g/mol. The van der Waals surface area contributed by atoms with Gasteiger partial charge in [0.05, 0.1) is 0 Å². The SMILES string of the molecule is CCNC(=NCCCOCC1CCOCC1)NCCCCN1CCC(C)CC1.I. The molecule has 0 saturated carbocycles. The molecule has 29 heavy (non-hydrogen) atoms. The summed E-state index contributed by atoms with van der Waals surface area (Å²) in [5, 5.41) is 6.82. The number of nitrogens with one attached hydrogen (secondary N) is 2. The van der Waals surface area contributed by atoms with Gasteiger partial charge < -0.3 is 25.0 Å². The van der Waals surface area contributed by atoms with Gasteiger partial charge in [-0.1, -0.05) is 6.92 Å². The first-order valence-electron chi connectivity index (χ1n) is 11.7. The number of hydrogen-bond acceptors (Lipinski definition) is 4. The fraction of sp³-hybridized carbons (Fsp3) is 0.955. The van der Waals surface area contributed by atoms with Gasteiger partial charge in [-0.3, -0.25) is 4.99 Å². The summed E-state index contributed by atoms with van der Waals surface area (Å²) in [4.78, 5) is 7.30. The molecule has 172 valence electrons. The molecule has 0 amide bonds. The van der Waals surface area contributed by atoms with Gasteiger partial charge in [0, 0.05) is 46.1 Å². The molecule has 2 fully saturated rings. The number of hydrogen-bond donors (Lipinski definition) is 2. The number of rotatable bonds is 12. The molecule has 2 aliphatic rings. The third kappa shape index (κ3) is 13.0. The molecule has 2 N–H and O–H groups in total. The predicted molar refractivity (Wildman–Crippen MR) is 132 cm³/mol. The Morgan fingerprint density at radius 2 is 1.83 bits per heavy atom. The first kappa shape index (κ1) is 26.9. The van der Waals surface area contributed by atoms with Gasteiger partial charge in [-0.25, -0.2) is 0 Å². The van der Waals surface area contributed by atoms with Crippen LogP contribution in [-0.2, 0) is 9.47 Å². The zero-order valence-corrected chi connectivity index (χ0v) is 21.1. The van der Waals surface area contributed by atoms with Crippen molar-refractivity contribution in [3.63, 3.8) is 0 Å². The van der Waals surface area contributed by atoms with Gasteiger partial charge in [0.15, 0.2) is 5.96 Å². The Hall–Kier alpha value is -0.120. The van der Waals surface area contributed by atoms with Crippen molar-refractivity contribution in [3.05, 3.63) is 0 Å². The molecule has 2 saturated heterocycles. The Balaban J connectivity index is 0.00000420. The van der Waals surface area contributed by atoms with Gasteiger partial charge in [0.2, 0.25) is 0 Å². The Labute approximate surface area is 196 Å².